The highest BCUT2D eigenvalue weighted by Gasteiger charge is 2.06. The first kappa shape index (κ1) is 13.3. The number of hydrogen-bond donors (Lipinski definition) is 1. The van der Waals surface area contributed by atoms with Crippen LogP contribution in [0.3, 0.4) is 0 Å². The predicted molar refractivity (Wildman–Crippen MR) is 81.5 cm³/mol. The third kappa shape index (κ3) is 3.20. The van der Waals surface area contributed by atoms with Crippen molar-refractivity contribution in [3.63, 3.8) is 0 Å². The number of pyridine rings is 2. The molecule has 0 spiro atoms. The van der Waals surface area contributed by atoms with Gasteiger partial charge in [-0.25, -0.2) is 9.97 Å². The molecule has 4 heteroatoms. The van der Waals surface area contributed by atoms with Gasteiger partial charge in [-0.05, 0) is 31.2 Å². The molecule has 0 bridgehead atoms. The van der Waals surface area contributed by atoms with E-state index in [1.165, 1.54) is 0 Å². The predicted octanol–water partition coefficient (Wildman–Crippen LogP) is 4.38. The third-order valence-corrected chi connectivity index (χ3v) is 2.73. The molecular weight excluding hydrogens is 258 g/mol. The maximum Gasteiger partial charge on any atom is 0.132 e. The number of halogens is 1. The Morgan fingerprint density at radius 1 is 1.21 bits per heavy atom. The molecule has 0 saturated heterocycles. The molecule has 2 aromatic heterocycles. The molecule has 0 radical (unpaired) electrons. The first-order chi connectivity index (χ1) is 9.10. The Balaban J connectivity index is 2.33. The summed E-state index contributed by atoms with van der Waals surface area (Å²) in [7, 11) is 0. The molecule has 0 fully saturated rings. The average Bonchev–Trinajstić information content (AvgIpc) is 2.38. The van der Waals surface area contributed by atoms with Gasteiger partial charge in [0, 0.05) is 11.3 Å². The van der Waals surface area contributed by atoms with Gasteiger partial charge in [0.1, 0.15) is 11.6 Å². The molecule has 96 valence electrons. The number of anilines is 2. The Bertz CT molecular complexity index is 635. The van der Waals surface area contributed by atoms with Crippen LogP contribution in [0.4, 0.5) is 11.6 Å². The van der Waals surface area contributed by atoms with Crippen molar-refractivity contribution in [2.75, 3.05) is 5.32 Å². The SMILES string of the molecule is C=Cc1ccc(Nc2cccc(C)n2)nc1C(=C)Cl. The van der Waals surface area contributed by atoms with E-state index in [4.69, 9.17) is 11.6 Å². The normalized spacial score (nSPS) is 10.0. The second-order valence-corrected chi connectivity index (χ2v) is 4.49. The highest BCUT2D eigenvalue weighted by molar-refractivity contribution is 6.48. The van der Waals surface area contributed by atoms with Crippen LogP contribution in [0.2, 0.25) is 0 Å². The van der Waals surface area contributed by atoms with Crippen molar-refractivity contribution in [1.82, 2.24) is 9.97 Å². The molecule has 0 atom stereocenters. The summed E-state index contributed by atoms with van der Waals surface area (Å²) in [6.45, 7) is 9.37. The lowest BCUT2D eigenvalue weighted by Gasteiger charge is -2.09. The minimum Gasteiger partial charge on any atom is -0.325 e. The number of nitrogens with one attached hydrogen (secondary N) is 1. The molecular formula is C15H14ClN3. The number of aryl methyl sites for hydroxylation is 1. The van der Waals surface area contributed by atoms with Crippen molar-refractivity contribution in [1.29, 1.82) is 0 Å². The van der Waals surface area contributed by atoms with Gasteiger partial charge < -0.3 is 5.32 Å². The summed E-state index contributed by atoms with van der Waals surface area (Å²) in [6, 6.07) is 9.49. The van der Waals surface area contributed by atoms with E-state index >= 15 is 0 Å². The summed E-state index contributed by atoms with van der Waals surface area (Å²) in [5, 5.41) is 3.52. The van der Waals surface area contributed by atoms with Gasteiger partial charge >= 0.3 is 0 Å². The van der Waals surface area contributed by atoms with Crippen LogP contribution in [-0.2, 0) is 0 Å². The second kappa shape index (κ2) is 5.67. The zero-order valence-electron chi connectivity index (χ0n) is 10.7. The van der Waals surface area contributed by atoms with Gasteiger partial charge in [0.15, 0.2) is 0 Å². The number of hydrogen-bond acceptors (Lipinski definition) is 3. The fourth-order valence-corrected chi connectivity index (χ4v) is 1.82. The van der Waals surface area contributed by atoms with Crippen LogP contribution in [0.1, 0.15) is 17.0 Å². The minimum absolute atomic E-state index is 0.385. The first-order valence-corrected chi connectivity index (χ1v) is 6.17. The third-order valence-electron chi connectivity index (χ3n) is 2.55. The van der Waals surface area contributed by atoms with Gasteiger partial charge in [-0.1, -0.05) is 36.9 Å². The Morgan fingerprint density at radius 2 is 1.95 bits per heavy atom. The Morgan fingerprint density at radius 3 is 2.58 bits per heavy atom. The summed E-state index contributed by atoms with van der Waals surface area (Å²) in [6.07, 6.45) is 1.70. The lowest BCUT2D eigenvalue weighted by molar-refractivity contribution is 1.18. The molecule has 3 nitrogen and oxygen atoms in total. The van der Waals surface area contributed by atoms with Crippen LogP contribution < -0.4 is 5.32 Å². The maximum atomic E-state index is 5.94. The quantitative estimate of drug-likeness (QED) is 0.897. The molecule has 2 rings (SSSR count). The first-order valence-electron chi connectivity index (χ1n) is 5.79. The zero-order valence-corrected chi connectivity index (χ0v) is 11.4. The van der Waals surface area contributed by atoms with Crippen molar-refractivity contribution >= 4 is 34.3 Å². The maximum absolute atomic E-state index is 5.94. The second-order valence-electron chi connectivity index (χ2n) is 4.03. The van der Waals surface area contributed by atoms with Crippen LogP contribution >= 0.6 is 11.6 Å². The number of rotatable bonds is 4. The van der Waals surface area contributed by atoms with E-state index in [2.05, 4.69) is 28.4 Å². The fraction of sp³-hybridized carbons (Fsp3) is 0.0667. The van der Waals surface area contributed by atoms with Crippen LogP contribution in [0, 0.1) is 6.92 Å². The average molecular weight is 272 g/mol. The highest BCUT2D eigenvalue weighted by Crippen LogP contribution is 2.23. The molecule has 2 aromatic rings. The molecule has 0 amide bonds. The summed E-state index contributed by atoms with van der Waals surface area (Å²) in [5.41, 5.74) is 2.41. The molecule has 0 aliphatic heterocycles. The summed E-state index contributed by atoms with van der Waals surface area (Å²) in [4.78, 5) is 8.77. The Kier molecular flexibility index (Phi) is 3.97. The zero-order chi connectivity index (χ0) is 13.8. The van der Waals surface area contributed by atoms with E-state index in [9.17, 15) is 0 Å². The van der Waals surface area contributed by atoms with Gasteiger partial charge in [0.25, 0.3) is 0 Å². The van der Waals surface area contributed by atoms with Crippen LogP contribution in [0.5, 0.6) is 0 Å². The molecule has 0 aromatic carbocycles. The largest absolute Gasteiger partial charge is 0.325 e. The van der Waals surface area contributed by atoms with Crippen LogP contribution in [0.25, 0.3) is 11.1 Å². The van der Waals surface area contributed by atoms with Crippen molar-refractivity contribution in [3.8, 4) is 0 Å². The van der Waals surface area contributed by atoms with E-state index in [1.54, 1.807) is 6.08 Å². The Labute approximate surface area is 117 Å². The van der Waals surface area contributed by atoms with Crippen LogP contribution in [-0.4, -0.2) is 9.97 Å². The van der Waals surface area contributed by atoms with E-state index in [1.807, 2.05) is 37.3 Å². The lowest BCUT2D eigenvalue weighted by Crippen LogP contribution is -1.99. The minimum atomic E-state index is 0.385. The van der Waals surface area contributed by atoms with Crippen molar-refractivity contribution in [2.45, 2.75) is 6.92 Å². The van der Waals surface area contributed by atoms with E-state index < -0.39 is 0 Å². The van der Waals surface area contributed by atoms with Gasteiger partial charge in [0.2, 0.25) is 0 Å². The summed E-state index contributed by atoms with van der Waals surface area (Å²) < 4.78 is 0. The number of nitrogens with zero attached hydrogens (tertiary/aromatic N) is 2. The van der Waals surface area contributed by atoms with E-state index in [-0.39, 0.29) is 0 Å². The molecule has 0 unspecified atom stereocenters. The molecule has 2 heterocycles. The molecule has 0 saturated carbocycles. The van der Waals surface area contributed by atoms with Crippen molar-refractivity contribution in [3.05, 3.63) is 60.4 Å². The smallest absolute Gasteiger partial charge is 0.132 e. The summed E-state index contributed by atoms with van der Waals surface area (Å²) >= 11 is 5.94. The topological polar surface area (TPSA) is 37.8 Å². The van der Waals surface area contributed by atoms with E-state index in [0.29, 0.717) is 16.5 Å². The molecule has 0 aliphatic carbocycles. The van der Waals surface area contributed by atoms with Crippen molar-refractivity contribution < 1.29 is 0 Å². The Hall–Kier alpha value is -2.13. The van der Waals surface area contributed by atoms with Gasteiger partial charge in [-0.15, -0.1) is 0 Å². The molecule has 19 heavy (non-hydrogen) atoms. The van der Waals surface area contributed by atoms with Gasteiger partial charge in [-0.2, -0.15) is 0 Å². The monoisotopic (exact) mass is 271 g/mol. The number of aromatic nitrogens is 2. The van der Waals surface area contributed by atoms with Crippen LogP contribution in [0.15, 0.2) is 43.5 Å². The lowest BCUT2D eigenvalue weighted by atomic mass is 10.2. The highest BCUT2D eigenvalue weighted by atomic mass is 35.5. The molecule has 0 aliphatic rings. The molecule has 1 N–H and O–H groups in total. The van der Waals surface area contributed by atoms with Crippen molar-refractivity contribution in [2.24, 2.45) is 0 Å². The summed E-state index contributed by atoms with van der Waals surface area (Å²) in [5.74, 6) is 1.41. The fourth-order valence-electron chi connectivity index (χ4n) is 1.67. The van der Waals surface area contributed by atoms with Gasteiger partial charge in [-0.3, -0.25) is 0 Å². The van der Waals surface area contributed by atoms with Gasteiger partial charge in [0.05, 0.1) is 10.7 Å². The van der Waals surface area contributed by atoms with E-state index in [0.717, 1.165) is 17.1 Å². The standard InChI is InChI=1S/C15H14ClN3/c1-4-12-8-9-14(19-15(12)11(3)16)18-13-7-5-6-10(2)17-13/h4-9H,1,3H2,2H3,(H,17,18,19).